The van der Waals surface area contributed by atoms with Gasteiger partial charge in [0, 0.05) is 5.92 Å². The first-order valence-electron chi connectivity index (χ1n) is 9.45. The smallest absolute Gasteiger partial charge is 0.305 e. The Morgan fingerprint density at radius 3 is 2.40 bits per heavy atom. The lowest BCUT2D eigenvalue weighted by Crippen LogP contribution is -2.52. The lowest BCUT2D eigenvalue weighted by Gasteiger charge is -2.51. The highest BCUT2D eigenvalue weighted by Gasteiger charge is 2.50. The molecule has 4 heteroatoms. The number of benzene rings is 1. The minimum Gasteiger partial charge on any atom is -0.469 e. The van der Waals surface area contributed by atoms with E-state index < -0.39 is 8.32 Å². The zero-order valence-electron chi connectivity index (χ0n) is 16.7. The molecule has 0 heterocycles. The molecule has 0 aliphatic heterocycles. The van der Waals surface area contributed by atoms with Crippen LogP contribution in [-0.4, -0.2) is 21.4 Å². The molecule has 140 valence electrons. The Labute approximate surface area is 154 Å². The van der Waals surface area contributed by atoms with Crippen LogP contribution in [0.1, 0.15) is 58.4 Å². The van der Waals surface area contributed by atoms with Gasteiger partial charge in [-0.05, 0) is 36.5 Å². The average Bonchev–Trinajstić information content (AvgIpc) is 2.56. The van der Waals surface area contributed by atoms with Gasteiger partial charge in [-0.15, -0.1) is 0 Å². The lowest BCUT2D eigenvalue weighted by molar-refractivity contribution is -0.146. The molecule has 3 nitrogen and oxygen atoms in total. The highest BCUT2D eigenvalue weighted by molar-refractivity contribution is 6.74. The first-order valence-corrected chi connectivity index (χ1v) is 12.4. The van der Waals surface area contributed by atoms with Gasteiger partial charge in [-0.2, -0.15) is 0 Å². The first-order chi connectivity index (χ1) is 11.6. The van der Waals surface area contributed by atoms with E-state index in [0.29, 0.717) is 6.42 Å². The van der Waals surface area contributed by atoms with Gasteiger partial charge in [0.1, 0.15) is 0 Å². The van der Waals surface area contributed by atoms with Gasteiger partial charge in [-0.3, -0.25) is 4.79 Å². The second-order valence-electron chi connectivity index (χ2n) is 8.84. The maximum Gasteiger partial charge on any atom is 0.305 e. The van der Waals surface area contributed by atoms with E-state index in [4.69, 9.17) is 9.16 Å². The van der Waals surface area contributed by atoms with Crippen molar-refractivity contribution in [3.63, 3.8) is 0 Å². The molecule has 1 aliphatic carbocycles. The Hall–Kier alpha value is -1.13. The third-order valence-corrected chi connectivity index (χ3v) is 10.6. The van der Waals surface area contributed by atoms with Crippen molar-refractivity contribution >= 4 is 14.3 Å². The van der Waals surface area contributed by atoms with E-state index in [-0.39, 0.29) is 22.5 Å². The molecule has 0 amide bonds. The molecule has 2 rings (SSSR count). The summed E-state index contributed by atoms with van der Waals surface area (Å²) in [5.74, 6) is 0.0382. The topological polar surface area (TPSA) is 35.5 Å². The van der Waals surface area contributed by atoms with Crippen LogP contribution in [0.2, 0.25) is 18.1 Å². The van der Waals surface area contributed by atoms with Crippen molar-refractivity contribution in [2.45, 2.75) is 76.6 Å². The predicted octanol–water partition coefficient (Wildman–Crippen LogP) is 5.66. The fourth-order valence-electron chi connectivity index (χ4n) is 3.67. The van der Waals surface area contributed by atoms with Crippen LogP contribution in [0.3, 0.4) is 0 Å². The largest absolute Gasteiger partial charge is 0.469 e. The van der Waals surface area contributed by atoms with E-state index in [9.17, 15) is 4.79 Å². The molecular weight excluding hydrogens is 328 g/mol. The first kappa shape index (κ1) is 20.2. The Kier molecular flexibility index (Phi) is 6.16. The van der Waals surface area contributed by atoms with Gasteiger partial charge in [0.2, 0.25) is 0 Å². The van der Waals surface area contributed by atoms with Crippen molar-refractivity contribution in [3.8, 4) is 0 Å². The SMILES string of the molecule is COC(=O)C[C@H]1CCCC[C@]1(O[Si](C)(C)C(C)(C)C)c1ccccc1. The van der Waals surface area contributed by atoms with E-state index >= 15 is 0 Å². The van der Waals surface area contributed by atoms with Crippen LogP contribution in [-0.2, 0) is 19.6 Å². The minimum atomic E-state index is -2.00. The second-order valence-corrected chi connectivity index (χ2v) is 13.6. The average molecular weight is 363 g/mol. The molecule has 25 heavy (non-hydrogen) atoms. The number of esters is 1. The molecule has 0 aromatic heterocycles. The number of hydrogen-bond donors (Lipinski definition) is 0. The van der Waals surface area contributed by atoms with Crippen LogP contribution in [0, 0.1) is 5.92 Å². The fraction of sp³-hybridized carbons (Fsp3) is 0.667. The van der Waals surface area contributed by atoms with Crippen molar-refractivity contribution in [1.82, 2.24) is 0 Å². The number of carbonyl (C=O) groups is 1. The Morgan fingerprint density at radius 2 is 1.84 bits per heavy atom. The summed E-state index contributed by atoms with van der Waals surface area (Å²) in [5.41, 5.74) is 0.838. The molecule has 1 fully saturated rings. The van der Waals surface area contributed by atoms with Crippen LogP contribution >= 0.6 is 0 Å². The van der Waals surface area contributed by atoms with Crippen molar-refractivity contribution < 1.29 is 14.0 Å². The maximum atomic E-state index is 12.1. The molecule has 1 aromatic rings. The number of methoxy groups -OCH3 is 1. The maximum absolute atomic E-state index is 12.1. The van der Waals surface area contributed by atoms with Gasteiger partial charge in [0.25, 0.3) is 0 Å². The molecule has 1 saturated carbocycles. The van der Waals surface area contributed by atoms with E-state index in [1.54, 1.807) is 0 Å². The fourth-order valence-corrected chi connectivity index (χ4v) is 5.27. The highest BCUT2D eigenvalue weighted by atomic mass is 28.4. The van der Waals surface area contributed by atoms with Gasteiger partial charge >= 0.3 is 5.97 Å². The van der Waals surface area contributed by atoms with Crippen molar-refractivity contribution in [2.24, 2.45) is 5.92 Å². The standard InChI is InChI=1S/C21H34O3Si/c1-20(2,3)25(5,6)24-21(17-12-8-7-9-13-17)15-11-10-14-18(21)16-19(22)23-4/h7-9,12-13,18H,10-11,14-16H2,1-6H3/t18-,21+/m1/s1. The number of ether oxygens (including phenoxy) is 1. The summed E-state index contributed by atoms with van der Waals surface area (Å²) in [7, 11) is -0.526. The zero-order chi connectivity index (χ0) is 18.7. The van der Waals surface area contributed by atoms with E-state index in [1.165, 1.54) is 12.7 Å². The number of hydrogen-bond acceptors (Lipinski definition) is 3. The Bertz CT molecular complexity index is 577. The molecule has 0 N–H and O–H groups in total. The summed E-state index contributed by atoms with van der Waals surface area (Å²) in [5, 5.41) is 0.127. The monoisotopic (exact) mass is 362 g/mol. The predicted molar refractivity (Wildman–Crippen MR) is 105 cm³/mol. The number of carbonyl (C=O) groups excluding carboxylic acids is 1. The molecule has 0 unspecified atom stereocenters. The minimum absolute atomic E-state index is 0.127. The van der Waals surface area contributed by atoms with Gasteiger partial charge < -0.3 is 9.16 Å². The van der Waals surface area contributed by atoms with E-state index in [0.717, 1.165) is 25.7 Å². The van der Waals surface area contributed by atoms with Crippen LogP contribution < -0.4 is 0 Å². The van der Waals surface area contributed by atoms with Gasteiger partial charge in [0.15, 0.2) is 8.32 Å². The summed E-state index contributed by atoms with van der Waals surface area (Å²) < 4.78 is 12.1. The summed E-state index contributed by atoms with van der Waals surface area (Å²) in [4.78, 5) is 12.1. The van der Waals surface area contributed by atoms with Crippen LogP contribution in [0.25, 0.3) is 0 Å². The highest BCUT2D eigenvalue weighted by Crippen LogP contribution is 2.51. The Balaban J connectivity index is 2.49. The van der Waals surface area contributed by atoms with Crippen LogP contribution in [0.15, 0.2) is 30.3 Å². The summed E-state index contributed by atoms with van der Waals surface area (Å²) in [6.45, 7) is 11.4. The number of rotatable bonds is 5. The van der Waals surface area contributed by atoms with E-state index in [2.05, 4.69) is 58.1 Å². The molecule has 0 radical (unpaired) electrons. The molecule has 2 atom stereocenters. The molecular formula is C21H34O3Si. The van der Waals surface area contributed by atoms with E-state index in [1.807, 2.05) is 6.07 Å². The third kappa shape index (κ3) is 4.35. The summed E-state index contributed by atoms with van der Waals surface area (Å²) >= 11 is 0. The normalized spacial score (nSPS) is 24.8. The molecule has 1 aromatic carbocycles. The van der Waals surface area contributed by atoms with Crippen LogP contribution in [0.4, 0.5) is 0 Å². The molecule has 1 aliphatic rings. The molecule has 0 bridgehead atoms. The Morgan fingerprint density at radius 1 is 1.20 bits per heavy atom. The second kappa shape index (κ2) is 7.63. The summed E-state index contributed by atoms with van der Waals surface area (Å²) in [6, 6.07) is 10.5. The third-order valence-electron chi connectivity index (χ3n) is 6.16. The van der Waals surface area contributed by atoms with Gasteiger partial charge in [0.05, 0.1) is 19.1 Å². The van der Waals surface area contributed by atoms with Crippen molar-refractivity contribution in [1.29, 1.82) is 0 Å². The lowest BCUT2D eigenvalue weighted by atomic mass is 9.70. The zero-order valence-corrected chi connectivity index (χ0v) is 17.7. The van der Waals surface area contributed by atoms with Crippen LogP contribution in [0.5, 0.6) is 0 Å². The molecule has 0 saturated heterocycles. The quantitative estimate of drug-likeness (QED) is 0.501. The van der Waals surface area contributed by atoms with Crippen molar-refractivity contribution in [2.75, 3.05) is 7.11 Å². The summed E-state index contributed by atoms with van der Waals surface area (Å²) in [6.07, 6.45) is 4.71. The van der Waals surface area contributed by atoms with Gasteiger partial charge in [-0.25, -0.2) is 0 Å². The molecule has 0 spiro atoms. The van der Waals surface area contributed by atoms with Crippen molar-refractivity contribution in [3.05, 3.63) is 35.9 Å². The van der Waals surface area contributed by atoms with Gasteiger partial charge in [-0.1, -0.05) is 63.9 Å².